The molecule has 3 rings (SSSR count). The topological polar surface area (TPSA) is 36.0 Å². The van der Waals surface area contributed by atoms with E-state index < -0.39 is 35.9 Å². The number of aromatic amines is 1. The van der Waals surface area contributed by atoms with Crippen LogP contribution in [-0.2, 0) is 18.3 Å². The number of nitrogens with one attached hydrogen (secondary N) is 1. The molecule has 156 valence electrons. The minimum atomic E-state index is -4.85. The second-order valence-corrected chi connectivity index (χ2v) is 8.30. The highest BCUT2D eigenvalue weighted by molar-refractivity contribution is 5.80. The number of fused-ring (bicyclic) bond motifs is 1. The van der Waals surface area contributed by atoms with Gasteiger partial charge in [-0.05, 0) is 59.0 Å². The number of halogens is 4. The molecule has 0 aliphatic heterocycles. The summed E-state index contributed by atoms with van der Waals surface area (Å²) in [7, 11) is 0. The fraction of sp³-hybridized carbons (Fsp3) is 0.391. The highest BCUT2D eigenvalue weighted by Gasteiger charge is 2.56. The van der Waals surface area contributed by atoms with E-state index in [0.717, 1.165) is 10.9 Å². The maximum absolute atomic E-state index is 14.0. The normalized spacial score (nSPS) is 14.9. The summed E-state index contributed by atoms with van der Waals surface area (Å²) in [4.78, 5) is 2.96. The molecular formula is C23H25F4NO. The van der Waals surface area contributed by atoms with Gasteiger partial charge in [-0.15, -0.1) is 0 Å². The number of hydrogen-bond donors (Lipinski definition) is 2. The Morgan fingerprint density at radius 1 is 1.00 bits per heavy atom. The van der Waals surface area contributed by atoms with Crippen LogP contribution in [0.15, 0.2) is 48.5 Å². The second-order valence-electron chi connectivity index (χ2n) is 8.30. The molecule has 1 unspecified atom stereocenters. The first kappa shape index (κ1) is 21.4. The molecule has 1 aromatic heterocycles. The number of alkyl halides is 3. The molecule has 0 spiro atoms. The fourth-order valence-corrected chi connectivity index (χ4v) is 4.12. The standard InChI is InChI=1S/C23H25F4NO/c1-4-15-9-10-17(24)12-19(15)21(2,3)14-22(29,23(25,26)27)13-18-11-16-7-5-6-8-20(16)28-18/h5-12,28-29H,4,13-14H2,1-3H3. The number of aromatic nitrogens is 1. The Bertz CT molecular complexity index is 973. The number of hydrogen-bond acceptors (Lipinski definition) is 1. The quantitative estimate of drug-likeness (QED) is 0.478. The number of aryl methyl sites for hydroxylation is 1. The average molecular weight is 407 g/mol. The van der Waals surface area contributed by atoms with Crippen molar-refractivity contribution in [2.45, 2.75) is 57.2 Å². The summed E-state index contributed by atoms with van der Waals surface area (Å²) in [6.07, 6.45) is -5.48. The van der Waals surface area contributed by atoms with Gasteiger partial charge in [-0.25, -0.2) is 4.39 Å². The van der Waals surface area contributed by atoms with Gasteiger partial charge in [0.1, 0.15) is 5.82 Å². The van der Waals surface area contributed by atoms with Crippen LogP contribution >= 0.6 is 0 Å². The lowest BCUT2D eigenvalue weighted by Gasteiger charge is -2.38. The van der Waals surface area contributed by atoms with Crippen molar-refractivity contribution in [2.75, 3.05) is 0 Å². The third-order valence-corrected chi connectivity index (χ3v) is 5.51. The molecule has 0 saturated heterocycles. The van der Waals surface area contributed by atoms with E-state index in [4.69, 9.17) is 0 Å². The lowest BCUT2D eigenvalue weighted by Crippen LogP contribution is -2.51. The van der Waals surface area contributed by atoms with Crippen molar-refractivity contribution in [3.63, 3.8) is 0 Å². The maximum Gasteiger partial charge on any atom is 0.417 e. The molecule has 3 aromatic rings. The van der Waals surface area contributed by atoms with E-state index in [2.05, 4.69) is 4.98 Å². The van der Waals surface area contributed by atoms with Gasteiger partial charge in [0, 0.05) is 17.6 Å². The maximum atomic E-state index is 14.0. The van der Waals surface area contributed by atoms with Gasteiger partial charge in [0.2, 0.25) is 0 Å². The fourth-order valence-electron chi connectivity index (χ4n) is 4.12. The zero-order chi connectivity index (χ0) is 21.4. The number of rotatable bonds is 6. The van der Waals surface area contributed by atoms with Gasteiger partial charge < -0.3 is 10.1 Å². The minimum absolute atomic E-state index is 0.303. The minimum Gasteiger partial charge on any atom is -0.380 e. The summed E-state index contributed by atoms with van der Waals surface area (Å²) < 4.78 is 55.9. The summed E-state index contributed by atoms with van der Waals surface area (Å²) in [5.74, 6) is -0.503. The molecule has 0 radical (unpaired) electrons. The first-order valence-corrected chi connectivity index (χ1v) is 9.60. The van der Waals surface area contributed by atoms with Crippen LogP contribution in [0.3, 0.4) is 0 Å². The predicted molar refractivity (Wildman–Crippen MR) is 106 cm³/mol. The van der Waals surface area contributed by atoms with Gasteiger partial charge in [-0.3, -0.25) is 0 Å². The Morgan fingerprint density at radius 3 is 2.31 bits per heavy atom. The Balaban J connectivity index is 1.99. The number of benzene rings is 2. The molecule has 0 saturated carbocycles. The van der Waals surface area contributed by atoms with Gasteiger partial charge in [-0.2, -0.15) is 13.2 Å². The summed E-state index contributed by atoms with van der Waals surface area (Å²) in [5.41, 5.74) is -1.79. The van der Waals surface area contributed by atoms with Crippen molar-refractivity contribution in [1.29, 1.82) is 0 Å². The summed E-state index contributed by atoms with van der Waals surface area (Å²) in [6.45, 7) is 5.10. The van der Waals surface area contributed by atoms with Crippen LogP contribution in [-0.4, -0.2) is 21.9 Å². The van der Waals surface area contributed by atoms with Gasteiger partial charge in [0.15, 0.2) is 5.60 Å². The highest BCUT2D eigenvalue weighted by atomic mass is 19.4. The third-order valence-electron chi connectivity index (χ3n) is 5.51. The molecular weight excluding hydrogens is 382 g/mol. The third kappa shape index (κ3) is 4.32. The summed E-state index contributed by atoms with van der Waals surface area (Å²) in [6, 6.07) is 13.0. The Morgan fingerprint density at radius 2 is 1.69 bits per heavy atom. The molecule has 0 bridgehead atoms. The molecule has 2 nitrogen and oxygen atoms in total. The monoisotopic (exact) mass is 407 g/mol. The highest BCUT2D eigenvalue weighted by Crippen LogP contribution is 2.44. The van der Waals surface area contributed by atoms with Gasteiger partial charge >= 0.3 is 6.18 Å². The smallest absolute Gasteiger partial charge is 0.380 e. The van der Waals surface area contributed by atoms with E-state index in [1.807, 2.05) is 6.92 Å². The average Bonchev–Trinajstić information content (AvgIpc) is 3.02. The Hall–Kier alpha value is -2.34. The van der Waals surface area contributed by atoms with Crippen molar-refractivity contribution < 1.29 is 22.7 Å². The van der Waals surface area contributed by atoms with Crippen molar-refractivity contribution in [1.82, 2.24) is 4.98 Å². The number of H-pyrrole nitrogens is 1. The van der Waals surface area contributed by atoms with Gasteiger partial charge in [-0.1, -0.05) is 45.0 Å². The second kappa shape index (κ2) is 7.48. The lowest BCUT2D eigenvalue weighted by molar-refractivity contribution is -0.266. The van der Waals surface area contributed by atoms with Crippen LogP contribution in [0.5, 0.6) is 0 Å². The molecule has 0 fully saturated rings. The molecule has 0 aliphatic carbocycles. The molecule has 2 aromatic carbocycles. The van der Waals surface area contributed by atoms with Crippen molar-refractivity contribution in [3.8, 4) is 0 Å². The Labute approximate surface area is 167 Å². The number of para-hydroxylation sites is 1. The predicted octanol–water partition coefficient (Wildman–Crippen LogP) is 6.07. The molecule has 0 amide bonds. The Kier molecular flexibility index (Phi) is 5.52. The zero-order valence-electron chi connectivity index (χ0n) is 16.7. The molecule has 1 atom stereocenters. The van der Waals surface area contributed by atoms with E-state index in [0.29, 0.717) is 23.2 Å². The molecule has 2 N–H and O–H groups in total. The van der Waals surface area contributed by atoms with Gasteiger partial charge in [0.25, 0.3) is 0 Å². The van der Waals surface area contributed by atoms with E-state index >= 15 is 0 Å². The van der Waals surface area contributed by atoms with E-state index in [9.17, 15) is 22.7 Å². The molecule has 1 heterocycles. The summed E-state index contributed by atoms with van der Waals surface area (Å²) >= 11 is 0. The largest absolute Gasteiger partial charge is 0.417 e. The molecule has 6 heteroatoms. The van der Waals surface area contributed by atoms with E-state index in [1.54, 1.807) is 50.2 Å². The van der Waals surface area contributed by atoms with Crippen LogP contribution in [0.2, 0.25) is 0 Å². The van der Waals surface area contributed by atoms with Crippen molar-refractivity contribution in [3.05, 3.63) is 71.2 Å². The zero-order valence-corrected chi connectivity index (χ0v) is 16.7. The molecule has 29 heavy (non-hydrogen) atoms. The van der Waals surface area contributed by atoms with Crippen LogP contribution < -0.4 is 0 Å². The van der Waals surface area contributed by atoms with Crippen LogP contribution in [0, 0.1) is 5.82 Å². The summed E-state index contributed by atoms with van der Waals surface area (Å²) in [5, 5.41) is 11.6. The first-order valence-electron chi connectivity index (χ1n) is 9.60. The molecule has 0 aliphatic rings. The SMILES string of the molecule is CCc1ccc(F)cc1C(C)(C)CC(O)(Cc1cc2ccccc2[nH]1)C(F)(F)F. The van der Waals surface area contributed by atoms with Crippen molar-refractivity contribution >= 4 is 10.9 Å². The lowest BCUT2D eigenvalue weighted by atomic mass is 9.72. The van der Waals surface area contributed by atoms with Crippen LogP contribution in [0.4, 0.5) is 17.6 Å². The van der Waals surface area contributed by atoms with E-state index in [1.165, 1.54) is 12.1 Å². The van der Waals surface area contributed by atoms with Crippen LogP contribution in [0.1, 0.15) is 44.0 Å². The van der Waals surface area contributed by atoms with Crippen LogP contribution in [0.25, 0.3) is 10.9 Å². The first-order chi connectivity index (χ1) is 13.4. The number of aliphatic hydroxyl groups is 1. The van der Waals surface area contributed by atoms with E-state index in [-0.39, 0.29) is 0 Å². The van der Waals surface area contributed by atoms with Gasteiger partial charge in [0.05, 0.1) is 0 Å². The van der Waals surface area contributed by atoms with Crippen molar-refractivity contribution in [2.24, 2.45) is 0 Å².